The van der Waals surface area contributed by atoms with Gasteiger partial charge in [0.25, 0.3) is 0 Å². The van der Waals surface area contributed by atoms with Crippen molar-refractivity contribution in [1.29, 1.82) is 0 Å². The van der Waals surface area contributed by atoms with Crippen molar-refractivity contribution in [2.45, 2.75) is 24.7 Å². The smallest absolute Gasteiger partial charge is 0.246 e. The molecule has 0 radical (unpaired) electrons. The fourth-order valence-electron chi connectivity index (χ4n) is 3.14. The van der Waals surface area contributed by atoms with E-state index >= 15 is 0 Å². The number of aryl methyl sites for hydroxylation is 1. The van der Waals surface area contributed by atoms with Gasteiger partial charge in [0.15, 0.2) is 0 Å². The van der Waals surface area contributed by atoms with E-state index in [4.69, 9.17) is 0 Å². The van der Waals surface area contributed by atoms with Crippen LogP contribution >= 0.6 is 15.9 Å². The zero-order valence-electron chi connectivity index (χ0n) is 15.1. The highest BCUT2D eigenvalue weighted by molar-refractivity contribution is 9.10. The summed E-state index contributed by atoms with van der Waals surface area (Å²) < 4.78 is 54.5. The third-order valence-electron chi connectivity index (χ3n) is 4.76. The van der Waals surface area contributed by atoms with Gasteiger partial charge in [-0.1, -0.05) is 15.9 Å². The molecule has 2 aromatic rings. The molecule has 1 saturated heterocycles. The van der Waals surface area contributed by atoms with Crippen LogP contribution in [0.3, 0.4) is 0 Å². The molecule has 9 heteroatoms. The van der Waals surface area contributed by atoms with Gasteiger partial charge in [0.05, 0.1) is 0 Å². The largest absolute Gasteiger partial charge is 0.326 e. The summed E-state index contributed by atoms with van der Waals surface area (Å²) in [7, 11) is -4.15. The highest BCUT2D eigenvalue weighted by Gasteiger charge is 2.33. The average molecular weight is 473 g/mol. The van der Waals surface area contributed by atoms with Crippen molar-refractivity contribution < 1.29 is 22.0 Å². The van der Waals surface area contributed by atoms with Gasteiger partial charge in [-0.05, 0) is 61.7 Å². The Morgan fingerprint density at radius 3 is 2.46 bits per heavy atom. The Hall–Kier alpha value is -1.84. The molecule has 0 atom stereocenters. The molecule has 0 saturated carbocycles. The average Bonchev–Trinajstić information content (AvgIpc) is 2.66. The lowest BCUT2D eigenvalue weighted by Gasteiger charge is -2.30. The van der Waals surface area contributed by atoms with E-state index in [9.17, 15) is 22.0 Å². The molecule has 0 aliphatic carbocycles. The predicted octanol–water partition coefficient (Wildman–Crippen LogP) is 4.08. The van der Waals surface area contributed by atoms with Gasteiger partial charge in [0.1, 0.15) is 16.5 Å². The van der Waals surface area contributed by atoms with Crippen LogP contribution in [0.15, 0.2) is 45.8 Å². The zero-order valence-corrected chi connectivity index (χ0v) is 17.5. The number of sulfonamides is 1. The summed E-state index contributed by atoms with van der Waals surface area (Å²) in [5, 5.41) is 2.84. The maximum absolute atomic E-state index is 13.9. The lowest BCUT2D eigenvalue weighted by molar-refractivity contribution is -0.120. The van der Waals surface area contributed by atoms with Crippen LogP contribution in [-0.2, 0) is 14.8 Å². The number of rotatable bonds is 4. The molecule has 28 heavy (non-hydrogen) atoms. The van der Waals surface area contributed by atoms with Gasteiger partial charge in [0, 0.05) is 29.2 Å². The number of hydrogen-bond acceptors (Lipinski definition) is 3. The quantitative estimate of drug-likeness (QED) is 0.728. The molecule has 1 aliphatic rings. The second-order valence-corrected chi connectivity index (χ2v) is 9.47. The maximum atomic E-state index is 13.9. The third kappa shape index (κ3) is 4.42. The number of nitrogens with zero attached hydrogens (tertiary/aromatic N) is 1. The van der Waals surface area contributed by atoms with E-state index in [2.05, 4.69) is 21.2 Å². The first-order chi connectivity index (χ1) is 13.2. The Labute approximate surface area is 170 Å². The van der Waals surface area contributed by atoms with E-state index in [1.54, 1.807) is 6.07 Å². The highest BCUT2D eigenvalue weighted by Crippen LogP contribution is 2.27. The molecule has 2 aromatic carbocycles. The van der Waals surface area contributed by atoms with E-state index in [1.165, 1.54) is 0 Å². The lowest BCUT2D eigenvalue weighted by atomic mass is 9.97. The molecule has 0 spiro atoms. The van der Waals surface area contributed by atoms with Crippen molar-refractivity contribution in [3.63, 3.8) is 0 Å². The van der Waals surface area contributed by atoms with E-state index in [-0.39, 0.29) is 24.9 Å². The fraction of sp³-hybridized carbons (Fsp3) is 0.316. The topological polar surface area (TPSA) is 66.5 Å². The van der Waals surface area contributed by atoms with E-state index in [1.807, 2.05) is 19.1 Å². The zero-order chi connectivity index (χ0) is 20.5. The first kappa shape index (κ1) is 20.9. The number of carbonyl (C=O) groups excluding carboxylic acids is 1. The number of piperidine rings is 1. The van der Waals surface area contributed by atoms with E-state index in [0.717, 1.165) is 26.5 Å². The van der Waals surface area contributed by atoms with Crippen molar-refractivity contribution in [2.24, 2.45) is 5.92 Å². The molecule has 0 bridgehead atoms. The summed E-state index contributed by atoms with van der Waals surface area (Å²) in [4.78, 5) is 11.8. The van der Waals surface area contributed by atoms with Crippen LogP contribution in [-0.4, -0.2) is 31.7 Å². The van der Waals surface area contributed by atoms with Crippen LogP contribution in [0.1, 0.15) is 18.4 Å². The summed E-state index contributed by atoms with van der Waals surface area (Å²) in [6.07, 6.45) is 0.606. The molecule has 1 amide bonds. The molecule has 150 valence electrons. The van der Waals surface area contributed by atoms with E-state index in [0.29, 0.717) is 24.6 Å². The fourth-order valence-corrected chi connectivity index (χ4v) is 4.93. The van der Waals surface area contributed by atoms with Gasteiger partial charge in [-0.2, -0.15) is 4.31 Å². The van der Waals surface area contributed by atoms with Crippen molar-refractivity contribution in [3.8, 4) is 0 Å². The van der Waals surface area contributed by atoms with Gasteiger partial charge in [-0.15, -0.1) is 0 Å². The second kappa shape index (κ2) is 8.26. The summed E-state index contributed by atoms with van der Waals surface area (Å²) in [6, 6.07) is 7.81. The SMILES string of the molecule is Cc1cc(NC(=O)C2CCN(S(=O)(=O)c3cc(F)ccc3F)CC2)ccc1Br. The minimum atomic E-state index is -4.15. The molecular formula is C19H19BrF2N2O3S. The number of hydrogen-bond donors (Lipinski definition) is 1. The summed E-state index contributed by atoms with van der Waals surface area (Å²) in [5.74, 6) is -2.35. The molecule has 0 aromatic heterocycles. The summed E-state index contributed by atoms with van der Waals surface area (Å²) in [6.45, 7) is 2.04. The molecule has 5 nitrogen and oxygen atoms in total. The van der Waals surface area contributed by atoms with Crippen molar-refractivity contribution in [1.82, 2.24) is 4.31 Å². The number of anilines is 1. The normalized spacial score (nSPS) is 16.1. The maximum Gasteiger partial charge on any atom is 0.246 e. The van der Waals surface area contributed by atoms with Gasteiger partial charge >= 0.3 is 0 Å². The van der Waals surface area contributed by atoms with Gasteiger partial charge in [-0.3, -0.25) is 4.79 Å². The van der Waals surface area contributed by atoms with Crippen molar-refractivity contribution in [2.75, 3.05) is 18.4 Å². The Balaban J connectivity index is 1.65. The van der Waals surface area contributed by atoms with Gasteiger partial charge < -0.3 is 5.32 Å². The van der Waals surface area contributed by atoms with Crippen LogP contribution in [0.5, 0.6) is 0 Å². The number of halogens is 3. The predicted molar refractivity (Wildman–Crippen MR) is 105 cm³/mol. The molecule has 1 fully saturated rings. The Bertz CT molecular complexity index is 1010. The van der Waals surface area contributed by atoms with Crippen molar-refractivity contribution in [3.05, 3.63) is 58.1 Å². The van der Waals surface area contributed by atoms with E-state index < -0.39 is 26.6 Å². The molecular weight excluding hydrogens is 454 g/mol. The second-order valence-electron chi connectivity index (χ2n) is 6.71. The molecule has 1 N–H and O–H groups in total. The first-order valence-electron chi connectivity index (χ1n) is 8.70. The van der Waals surface area contributed by atoms with Gasteiger partial charge in [0.2, 0.25) is 15.9 Å². The third-order valence-corrected chi connectivity index (χ3v) is 7.56. The number of amides is 1. The monoisotopic (exact) mass is 472 g/mol. The highest BCUT2D eigenvalue weighted by atomic mass is 79.9. The Morgan fingerprint density at radius 2 is 1.82 bits per heavy atom. The standard InChI is InChI=1S/C19H19BrF2N2O3S/c1-12-10-15(3-4-16(12)20)23-19(25)13-6-8-24(9-7-13)28(26,27)18-11-14(21)2-5-17(18)22/h2-5,10-11,13H,6-9H2,1H3,(H,23,25). The molecule has 1 aliphatic heterocycles. The molecule has 1 heterocycles. The van der Waals surface area contributed by atoms with Gasteiger partial charge in [-0.25, -0.2) is 17.2 Å². The first-order valence-corrected chi connectivity index (χ1v) is 10.9. The minimum absolute atomic E-state index is 0.0652. The van der Waals surface area contributed by atoms with Crippen LogP contribution in [0.4, 0.5) is 14.5 Å². The number of nitrogens with one attached hydrogen (secondary N) is 1. The minimum Gasteiger partial charge on any atom is -0.326 e. The summed E-state index contributed by atoms with van der Waals surface area (Å²) in [5.41, 5.74) is 1.65. The number of benzene rings is 2. The van der Waals surface area contributed by atoms with Crippen LogP contribution < -0.4 is 5.32 Å². The molecule has 0 unspecified atom stereocenters. The number of carbonyl (C=O) groups is 1. The Morgan fingerprint density at radius 1 is 1.14 bits per heavy atom. The van der Waals surface area contributed by atoms with Crippen LogP contribution in [0.25, 0.3) is 0 Å². The lowest BCUT2D eigenvalue weighted by Crippen LogP contribution is -2.41. The van der Waals surface area contributed by atoms with Crippen LogP contribution in [0.2, 0.25) is 0 Å². The van der Waals surface area contributed by atoms with Crippen LogP contribution in [0, 0.1) is 24.5 Å². The van der Waals surface area contributed by atoms with Crippen molar-refractivity contribution >= 4 is 37.5 Å². The summed E-state index contributed by atoms with van der Waals surface area (Å²) >= 11 is 3.40. The molecule has 3 rings (SSSR count). The Kier molecular flexibility index (Phi) is 6.16.